The maximum absolute atomic E-state index is 11.9. The lowest BCUT2D eigenvalue weighted by Crippen LogP contribution is -2.19. The van der Waals surface area contributed by atoms with E-state index in [0.29, 0.717) is 0 Å². The largest absolute Gasteiger partial charge is 0.302 e. The normalized spacial score (nSPS) is 22.2. The zero-order valence-corrected chi connectivity index (χ0v) is 27.7. The van der Waals surface area contributed by atoms with Gasteiger partial charge in [-0.1, -0.05) is 134 Å². The summed E-state index contributed by atoms with van der Waals surface area (Å²) in [5, 5.41) is 0. The van der Waals surface area contributed by atoms with Crippen molar-refractivity contribution >= 4 is 6.29 Å². The highest BCUT2D eigenvalue weighted by atomic mass is 16.1. The lowest BCUT2D eigenvalue weighted by atomic mass is 9.72. The highest BCUT2D eigenvalue weighted by molar-refractivity contribution is 5.62. The summed E-state index contributed by atoms with van der Waals surface area (Å²) in [6, 6.07) is 0. The second kappa shape index (κ2) is 15.9. The van der Waals surface area contributed by atoms with Crippen molar-refractivity contribution in [1.82, 2.24) is 0 Å². The molecule has 0 aromatic heterocycles. The van der Waals surface area contributed by atoms with Gasteiger partial charge in [-0.05, 0) is 102 Å². The van der Waals surface area contributed by atoms with E-state index in [0.717, 1.165) is 17.4 Å². The molecule has 0 saturated heterocycles. The average Bonchev–Trinajstić information content (AvgIpc) is 2.88. The molecule has 0 N–H and O–H groups in total. The Kier molecular flexibility index (Phi) is 13.3. The minimum atomic E-state index is -0.219. The van der Waals surface area contributed by atoms with Crippen molar-refractivity contribution in [3.63, 3.8) is 0 Å². The molecule has 2 aliphatic rings. The van der Waals surface area contributed by atoms with Gasteiger partial charge >= 0.3 is 0 Å². The van der Waals surface area contributed by atoms with Crippen LogP contribution < -0.4 is 0 Å². The van der Waals surface area contributed by atoms with Gasteiger partial charge in [-0.2, -0.15) is 0 Å². The number of hydrogen-bond donors (Lipinski definition) is 0. The summed E-state index contributed by atoms with van der Waals surface area (Å²) >= 11 is 0. The predicted molar refractivity (Wildman–Crippen MR) is 182 cm³/mol. The molecule has 222 valence electrons. The first-order valence-corrected chi connectivity index (χ1v) is 15.5. The second-order valence-electron chi connectivity index (χ2n) is 13.6. The van der Waals surface area contributed by atoms with Gasteiger partial charge < -0.3 is 4.79 Å². The molecule has 1 unspecified atom stereocenters. The molecular weight excluding hydrogens is 496 g/mol. The van der Waals surface area contributed by atoms with E-state index in [1.165, 1.54) is 72.0 Å². The van der Waals surface area contributed by atoms with Crippen LogP contribution in [0.2, 0.25) is 0 Å². The Bertz CT molecular complexity index is 1240. The lowest BCUT2D eigenvalue weighted by molar-refractivity contribution is -0.109. The molecule has 0 radical (unpaired) electrons. The summed E-state index contributed by atoms with van der Waals surface area (Å²) in [7, 11) is 0. The van der Waals surface area contributed by atoms with Crippen molar-refractivity contribution in [2.75, 3.05) is 0 Å². The predicted octanol–water partition coefficient (Wildman–Crippen LogP) is 11.9. The molecule has 0 amide bonds. The highest BCUT2D eigenvalue weighted by Crippen LogP contribution is 2.41. The van der Waals surface area contributed by atoms with Crippen molar-refractivity contribution < 1.29 is 4.79 Å². The number of aldehydes is 1. The fourth-order valence-electron chi connectivity index (χ4n) is 6.06. The van der Waals surface area contributed by atoms with Gasteiger partial charge in [-0.15, -0.1) is 0 Å². The van der Waals surface area contributed by atoms with Crippen molar-refractivity contribution in [3.8, 4) is 0 Å². The summed E-state index contributed by atoms with van der Waals surface area (Å²) in [6.07, 6.45) is 34.2. The van der Waals surface area contributed by atoms with Crippen LogP contribution in [0.5, 0.6) is 0 Å². The number of carbonyl (C=O) groups excluding carboxylic acids is 1. The van der Waals surface area contributed by atoms with Crippen LogP contribution in [0.3, 0.4) is 0 Å². The molecule has 0 aliphatic heterocycles. The molecule has 1 atom stereocenters. The fraction of sp³-hybridized carbons (Fsp3) is 0.475. The Morgan fingerprint density at radius 3 is 1.63 bits per heavy atom. The SMILES string of the molecule is CC1=C(/C=C/C(C)=C/C=C/C(C)=C/C=C/C=C(\C)C(C=O)/C=C(C)/C=C/C2=C(C)CCCC2(C)C)C(C)(C)CCC1. The molecular formula is C40H56O. The van der Waals surface area contributed by atoms with Crippen LogP contribution in [0, 0.1) is 16.7 Å². The van der Waals surface area contributed by atoms with Gasteiger partial charge in [0.2, 0.25) is 0 Å². The molecule has 1 nitrogen and oxygen atoms in total. The maximum atomic E-state index is 11.9. The van der Waals surface area contributed by atoms with Crippen molar-refractivity contribution in [2.45, 2.75) is 108 Å². The molecule has 2 aliphatic carbocycles. The Labute approximate surface area is 252 Å². The van der Waals surface area contributed by atoms with Crippen LogP contribution in [0.1, 0.15) is 108 Å². The minimum absolute atomic E-state index is 0.219. The van der Waals surface area contributed by atoms with E-state index < -0.39 is 0 Å². The van der Waals surface area contributed by atoms with E-state index >= 15 is 0 Å². The van der Waals surface area contributed by atoms with E-state index in [2.05, 4.69) is 117 Å². The third-order valence-electron chi connectivity index (χ3n) is 8.77. The molecule has 0 aromatic rings. The number of allylic oxidation sites excluding steroid dienone is 20. The van der Waals surface area contributed by atoms with Crippen molar-refractivity contribution in [2.24, 2.45) is 16.7 Å². The summed E-state index contributed by atoms with van der Waals surface area (Å²) in [4.78, 5) is 11.9. The fourth-order valence-corrected chi connectivity index (χ4v) is 6.06. The Morgan fingerprint density at radius 1 is 0.659 bits per heavy atom. The van der Waals surface area contributed by atoms with E-state index in [4.69, 9.17) is 0 Å². The first-order chi connectivity index (χ1) is 19.3. The molecule has 0 bridgehead atoms. The Morgan fingerprint density at radius 2 is 1.12 bits per heavy atom. The summed E-state index contributed by atoms with van der Waals surface area (Å²) in [5.74, 6) is -0.219. The molecule has 2 rings (SSSR count). The van der Waals surface area contributed by atoms with E-state index in [1.54, 1.807) is 0 Å². The zero-order chi connectivity index (χ0) is 30.6. The number of carbonyl (C=O) groups is 1. The Hall–Kier alpha value is -2.93. The van der Waals surface area contributed by atoms with Gasteiger partial charge in [0.25, 0.3) is 0 Å². The molecule has 0 heterocycles. The molecule has 0 fully saturated rings. The topological polar surface area (TPSA) is 17.1 Å². The monoisotopic (exact) mass is 552 g/mol. The van der Waals surface area contributed by atoms with Gasteiger partial charge in [0, 0.05) is 0 Å². The first kappa shape index (κ1) is 34.3. The molecule has 0 saturated carbocycles. The van der Waals surface area contributed by atoms with E-state index in [9.17, 15) is 4.79 Å². The van der Waals surface area contributed by atoms with Gasteiger partial charge in [0.05, 0.1) is 5.92 Å². The Balaban J connectivity index is 1.99. The average molecular weight is 553 g/mol. The third kappa shape index (κ3) is 11.1. The van der Waals surface area contributed by atoms with Gasteiger partial charge in [0.15, 0.2) is 0 Å². The second-order valence-corrected chi connectivity index (χ2v) is 13.6. The first-order valence-electron chi connectivity index (χ1n) is 15.5. The molecule has 0 aromatic carbocycles. The minimum Gasteiger partial charge on any atom is -0.302 e. The number of hydrogen-bond acceptors (Lipinski definition) is 1. The summed E-state index contributed by atoms with van der Waals surface area (Å²) < 4.78 is 0. The van der Waals surface area contributed by atoms with Crippen LogP contribution >= 0.6 is 0 Å². The highest BCUT2D eigenvalue weighted by Gasteiger charge is 2.27. The third-order valence-corrected chi connectivity index (χ3v) is 8.77. The maximum Gasteiger partial charge on any atom is 0.130 e. The lowest BCUT2D eigenvalue weighted by Gasteiger charge is -2.33. The van der Waals surface area contributed by atoms with E-state index in [1.807, 2.05) is 25.2 Å². The zero-order valence-electron chi connectivity index (χ0n) is 27.7. The van der Waals surface area contributed by atoms with Crippen LogP contribution in [0.15, 0.2) is 117 Å². The van der Waals surface area contributed by atoms with Gasteiger partial charge in [-0.3, -0.25) is 0 Å². The van der Waals surface area contributed by atoms with Crippen LogP contribution in [0.4, 0.5) is 0 Å². The van der Waals surface area contributed by atoms with Crippen LogP contribution in [-0.4, -0.2) is 6.29 Å². The standard InChI is InChI=1S/C40H56O/c1-30(17-13-18-31(2)22-24-37-34(5)20-14-26-39(37,7)8)16-11-12-19-33(4)36(29-41)28-32(3)23-25-38-35(6)21-15-27-40(38,9)10/h11-13,16-19,22-25,28-29,36H,14-15,20-21,26-27H2,1-10H3/b12-11+,17-13+,24-22+,25-23+,30-16+,31-18+,32-28+,33-19+. The number of rotatable bonds is 11. The van der Waals surface area contributed by atoms with Gasteiger partial charge in [-0.25, -0.2) is 0 Å². The van der Waals surface area contributed by atoms with Crippen LogP contribution in [-0.2, 0) is 4.79 Å². The van der Waals surface area contributed by atoms with Crippen LogP contribution in [0.25, 0.3) is 0 Å². The smallest absolute Gasteiger partial charge is 0.130 e. The van der Waals surface area contributed by atoms with Crippen molar-refractivity contribution in [3.05, 3.63) is 117 Å². The van der Waals surface area contributed by atoms with E-state index in [-0.39, 0.29) is 16.7 Å². The van der Waals surface area contributed by atoms with Gasteiger partial charge in [0.1, 0.15) is 6.29 Å². The summed E-state index contributed by atoms with van der Waals surface area (Å²) in [5.41, 5.74) is 11.0. The summed E-state index contributed by atoms with van der Waals surface area (Å²) in [6.45, 7) is 22.3. The quantitative estimate of drug-likeness (QED) is 0.184. The molecule has 0 spiro atoms. The molecule has 1 heteroatoms. The molecule has 41 heavy (non-hydrogen) atoms. The van der Waals surface area contributed by atoms with Crippen molar-refractivity contribution in [1.29, 1.82) is 0 Å².